The standard InChI is InChI=1S/C19H19ClN4O3S/c20-14-8-6-9-15(17(14)23-11-4-1-5-12-23)21-19(28)22-18(25)13-7-2-3-10-16(13)24(26)27/h2-3,6-10H,1,4-5,11-12H2,(H2,21,22,25,28). The summed E-state index contributed by atoms with van der Waals surface area (Å²) >= 11 is 11.7. The summed E-state index contributed by atoms with van der Waals surface area (Å²) in [5.74, 6) is -0.647. The van der Waals surface area contributed by atoms with Gasteiger partial charge in [0, 0.05) is 19.2 Å². The zero-order chi connectivity index (χ0) is 20.1. The highest BCUT2D eigenvalue weighted by molar-refractivity contribution is 7.80. The Morgan fingerprint density at radius 3 is 2.54 bits per heavy atom. The third kappa shape index (κ3) is 4.58. The molecule has 2 aromatic rings. The van der Waals surface area contributed by atoms with E-state index < -0.39 is 10.8 Å². The molecule has 0 saturated carbocycles. The van der Waals surface area contributed by atoms with E-state index in [1.54, 1.807) is 12.1 Å². The summed E-state index contributed by atoms with van der Waals surface area (Å²) in [7, 11) is 0. The van der Waals surface area contributed by atoms with Gasteiger partial charge in [0.05, 0.1) is 21.3 Å². The van der Waals surface area contributed by atoms with Gasteiger partial charge in [0.15, 0.2) is 5.11 Å². The Balaban J connectivity index is 1.76. The number of hydrogen-bond donors (Lipinski definition) is 2. The van der Waals surface area contributed by atoms with E-state index in [0.29, 0.717) is 10.7 Å². The van der Waals surface area contributed by atoms with Crippen LogP contribution >= 0.6 is 23.8 Å². The molecule has 2 aromatic carbocycles. The largest absolute Gasteiger partial charge is 0.369 e. The molecule has 0 aromatic heterocycles. The molecule has 28 heavy (non-hydrogen) atoms. The lowest BCUT2D eigenvalue weighted by atomic mass is 10.1. The van der Waals surface area contributed by atoms with E-state index in [4.69, 9.17) is 23.8 Å². The van der Waals surface area contributed by atoms with Crippen molar-refractivity contribution in [2.45, 2.75) is 19.3 Å². The Hall–Kier alpha value is -2.71. The van der Waals surface area contributed by atoms with Gasteiger partial charge in [-0.05, 0) is 49.7 Å². The number of anilines is 2. The third-order valence-corrected chi connectivity index (χ3v) is 4.99. The fourth-order valence-electron chi connectivity index (χ4n) is 3.20. The number of rotatable bonds is 4. The first kappa shape index (κ1) is 20.0. The van der Waals surface area contributed by atoms with Crippen molar-refractivity contribution in [2.75, 3.05) is 23.3 Å². The summed E-state index contributed by atoms with van der Waals surface area (Å²) in [4.78, 5) is 25.2. The van der Waals surface area contributed by atoms with Gasteiger partial charge in [0.25, 0.3) is 11.6 Å². The highest BCUT2D eigenvalue weighted by Crippen LogP contribution is 2.35. The van der Waals surface area contributed by atoms with Crippen LogP contribution in [0.1, 0.15) is 29.6 Å². The van der Waals surface area contributed by atoms with Crippen molar-refractivity contribution in [3.05, 3.63) is 63.2 Å². The molecular formula is C19H19ClN4O3S. The number of carbonyl (C=O) groups excluding carboxylic acids is 1. The summed E-state index contributed by atoms with van der Waals surface area (Å²) in [6.45, 7) is 1.79. The number of carbonyl (C=O) groups is 1. The summed E-state index contributed by atoms with van der Waals surface area (Å²) in [6, 6.07) is 11.2. The topological polar surface area (TPSA) is 87.5 Å². The Morgan fingerprint density at radius 2 is 1.82 bits per heavy atom. The number of halogens is 1. The van der Waals surface area contributed by atoms with Gasteiger partial charge in [-0.2, -0.15) is 0 Å². The highest BCUT2D eigenvalue weighted by atomic mass is 35.5. The second kappa shape index (κ2) is 8.99. The van der Waals surface area contributed by atoms with E-state index in [9.17, 15) is 14.9 Å². The number of hydrogen-bond acceptors (Lipinski definition) is 5. The molecule has 9 heteroatoms. The van der Waals surface area contributed by atoms with Crippen LogP contribution in [-0.4, -0.2) is 29.0 Å². The van der Waals surface area contributed by atoms with Crippen LogP contribution in [0.25, 0.3) is 0 Å². The van der Waals surface area contributed by atoms with Gasteiger partial charge in [-0.25, -0.2) is 0 Å². The molecule has 1 saturated heterocycles. The minimum atomic E-state index is -0.647. The summed E-state index contributed by atoms with van der Waals surface area (Å²) in [5, 5.41) is 17.3. The van der Waals surface area contributed by atoms with Crippen LogP contribution < -0.4 is 15.5 Å². The first-order valence-electron chi connectivity index (χ1n) is 8.86. The molecule has 0 atom stereocenters. The number of piperidine rings is 1. The van der Waals surface area contributed by atoms with Gasteiger partial charge in [0.1, 0.15) is 5.56 Å². The Morgan fingerprint density at radius 1 is 1.11 bits per heavy atom. The van der Waals surface area contributed by atoms with Crippen molar-refractivity contribution >= 4 is 51.9 Å². The van der Waals surface area contributed by atoms with Crippen LogP contribution in [0, 0.1) is 10.1 Å². The number of para-hydroxylation sites is 2. The third-order valence-electron chi connectivity index (χ3n) is 4.48. The lowest BCUT2D eigenvalue weighted by Crippen LogP contribution is -2.36. The quantitative estimate of drug-likeness (QED) is 0.435. The molecule has 1 heterocycles. The van der Waals surface area contributed by atoms with E-state index >= 15 is 0 Å². The van der Waals surface area contributed by atoms with Gasteiger partial charge in [-0.1, -0.05) is 29.8 Å². The molecule has 0 bridgehead atoms. The molecule has 3 rings (SSSR count). The van der Waals surface area contributed by atoms with Crippen molar-refractivity contribution in [1.82, 2.24) is 5.32 Å². The van der Waals surface area contributed by atoms with E-state index in [2.05, 4.69) is 15.5 Å². The van der Waals surface area contributed by atoms with Crippen LogP contribution in [0.4, 0.5) is 17.1 Å². The fraction of sp³-hybridized carbons (Fsp3) is 0.263. The normalized spacial score (nSPS) is 13.7. The Labute approximate surface area is 172 Å². The SMILES string of the molecule is O=C(NC(=S)Nc1cccc(Cl)c1N1CCCCC1)c1ccccc1[N+](=O)[O-]. The van der Waals surface area contributed by atoms with Gasteiger partial charge in [-0.15, -0.1) is 0 Å². The minimum Gasteiger partial charge on any atom is -0.369 e. The second-order valence-corrected chi connectivity index (χ2v) is 7.18. The van der Waals surface area contributed by atoms with Gasteiger partial charge < -0.3 is 10.2 Å². The predicted octanol–water partition coefficient (Wildman–Crippen LogP) is 4.37. The average Bonchev–Trinajstić information content (AvgIpc) is 2.68. The van der Waals surface area contributed by atoms with Gasteiger partial charge in [-0.3, -0.25) is 20.2 Å². The number of nitro benzene ring substituents is 1. The van der Waals surface area contributed by atoms with Crippen molar-refractivity contribution in [3.63, 3.8) is 0 Å². The summed E-state index contributed by atoms with van der Waals surface area (Å²) < 4.78 is 0. The molecule has 1 aliphatic rings. The number of amides is 1. The molecule has 0 radical (unpaired) electrons. The van der Waals surface area contributed by atoms with Crippen molar-refractivity contribution in [3.8, 4) is 0 Å². The lowest BCUT2D eigenvalue weighted by Gasteiger charge is -2.31. The molecule has 7 nitrogen and oxygen atoms in total. The van der Waals surface area contributed by atoms with Crippen LogP contribution in [0.2, 0.25) is 5.02 Å². The number of thiocarbonyl (C=S) groups is 1. The van der Waals surface area contributed by atoms with E-state index in [-0.39, 0.29) is 16.4 Å². The molecule has 146 valence electrons. The van der Waals surface area contributed by atoms with Gasteiger partial charge >= 0.3 is 0 Å². The minimum absolute atomic E-state index is 0.0451. The average molecular weight is 419 g/mol. The molecule has 2 N–H and O–H groups in total. The van der Waals surface area contributed by atoms with Crippen LogP contribution in [0.5, 0.6) is 0 Å². The smallest absolute Gasteiger partial charge is 0.282 e. The monoisotopic (exact) mass is 418 g/mol. The van der Waals surface area contributed by atoms with Crippen LogP contribution in [0.15, 0.2) is 42.5 Å². The number of nitrogens with zero attached hydrogens (tertiary/aromatic N) is 2. The van der Waals surface area contributed by atoms with E-state index in [1.807, 2.05) is 12.1 Å². The van der Waals surface area contributed by atoms with Crippen molar-refractivity contribution in [1.29, 1.82) is 0 Å². The fourth-order valence-corrected chi connectivity index (χ4v) is 3.70. The first-order chi connectivity index (χ1) is 13.5. The molecule has 0 spiro atoms. The molecule has 0 unspecified atom stereocenters. The van der Waals surface area contributed by atoms with E-state index in [1.165, 1.54) is 24.6 Å². The van der Waals surface area contributed by atoms with Crippen molar-refractivity contribution in [2.24, 2.45) is 0 Å². The Kier molecular flexibility index (Phi) is 6.43. The Bertz CT molecular complexity index is 916. The number of benzene rings is 2. The van der Waals surface area contributed by atoms with Gasteiger partial charge in [0.2, 0.25) is 0 Å². The molecule has 1 fully saturated rings. The lowest BCUT2D eigenvalue weighted by molar-refractivity contribution is -0.385. The van der Waals surface area contributed by atoms with Crippen LogP contribution in [0.3, 0.4) is 0 Å². The maximum atomic E-state index is 12.4. The highest BCUT2D eigenvalue weighted by Gasteiger charge is 2.21. The molecule has 1 aliphatic heterocycles. The maximum absolute atomic E-state index is 12.4. The summed E-state index contributed by atoms with van der Waals surface area (Å²) in [6.07, 6.45) is 3.36. The molecule has 1 amide bonds. The zero-order valence-electron chi connectivity index (χ0n) is 15.0. The molecule has 0 aliphatic carbocycles. The second-order valence-electron chi connectivity index (χ2n) is 6.37. The molecular weight excluding hydrogens is 400 g/mol. The first-order valence-corrected chi connectivity index (χ1v) is 9.65. The zero-order valence-corrected chi connectivity index (χ0v) is 16.6. The van der Waals surface area contributed by atoms with Crippen LogP contribution in [-0.2, 0) is 0 Å². The number of nitro groups is 1. The van der Waals surface area contributed by atoms with E-state index in [0.717, 1.165) is 31.6 Å². The maximum Gasteiger partial charge on any atom is 0.282 e. The summed E-state index contributed by atoms with van der Waals surface area (Å²) in [5.41, 5.74) is 1.19. The predicted molar refractivity (Wildman–Crippen MR) is 114 cm³/mol. The van der Waals surface area contributed by atoms with Crippen molar-refractivity contribution < 1.29 is 9.72 Å². The number of nitrogens with one attached hydrogen (secondary N) is 2.